The van der Waals surface area contributed by atoms with Crippen molar-refractivity contribution in [2.45, 2.75) is 57.7 Å². The van der Waals surface area contributed by atoms with E-state index in [1.807, 2.05) is 0 Å². The molecule has 2 fully saturated rings. The highest BCUT2D eigenvalue weighted by Gasteiger charge is 2.62. The van der Waals surface area contributed by atoms with Gasteiger partial charge in [-0.25, -0.2) is 0 Å². The number of rotatable bonds is 3. The van der Waals surface area contributed by atoms with Gasteiger partial charge < -0.3 is 10.2 Å². The molecular formula is C14H23F3N2O. The standard InChI is InChI=1S/C14H23F3N2O/c1-2-19(11-6-4-3-5-7-11)12(20)13(14(15,16)17)8-9-18-10-13/h11,18H,2-10H2,1H3. The molecule has 1 aliphatic heterocycles. The average molecular weight is 292 g/mol. The molecule has 20 heavy (non-hydrogen) atoms. The number of carbonyl (C=O) groups is 1. The van der Waals surface area contributed by atoms with Gasteiger partial charge in [-0.05, 0) is 32.7 Å². The third kappa shape index (κ3) is 2.67. The lowest BCUT2D eigenvalue weighted by Crippen LogP contribution is -2.56. The van der Waals surface area contributed by atoms with Crippen LogP contribution in [0.1, 0.15) is 45.4 Å². The van der Waals surface area contributed by atoms with Gasteiger partial charge in [0.05, 0.1) is 0 Å². The summed E-state index contributed by atoms with van der Waals surface area (Å²) in [6, 6.07) is -0.0129. The smallest absolute Gasteiger partial charge is 0.339 e. The van der Waals surface area contributed by atoms with Gasteiger partial charge in [-0.15, -0.1) is 0 Å². The molecular weight excluding hydrogens is 269 g/mol. The predicted octanol–water partition coefficient (Wildman–Crippen LogP) is 2.71. The summed E-state index contributed by atoms with van der Waals surface area (Å²) in [6.45, 7) is 2.12. The summed E-state index contributed by atoms with van der Waals surface area (Å²) in [4.78, 5) is 14.1. The Bertz CT molecular complexity index is 345. The molecule has 2 aliphatic rings. The summed E-state index contributed by atoms with van der Waals surface area (Å²) in [6.07, 6.45) is 0.182. The Morgan fingerprint density at radius 1 is 1.30 bits per heavy atom. The zero-order valence-electron chi connectivity index (χ0n) is 11.9. The van der Waals surface area contributed by atoms with Crippen LogP contribution in [-0.4, -0.2) is 42.7 Å². The first-order valence-electron chi connectivity index (χ1n) is 7.51. The molecule has 0 radical (unpaired) electrons. The molecule has 1 saturated heterocycles. The second-order valence-electron chi connectivity index (χ2n) is 5.89. The minimum Gasteiger partial charge on any atom is -0.339 e. The molecule has 1 unspecified atom stereocenters. The van der Waals surface area contributed by atoms with E-state index in [2.05, 4.69) is 5.32 Å². The third-order valence-electron chi connectivity index (χ3n) is 4.72. The van der Waals surface area contributed by atoms with Gasteiger partial charge in [-0.1, -0.05) is 19.3 Å². The average Bonchev–Trinajstić information content (AvgIpc) is 2.91. The summed E-state index contributed by atoms with van der Waals surface area (Å²) in [7, 11) is 0. The van der Waals surface area contributed by atoms with Gasteiger partial charge in [0, 0.05) is 19.1 Å². The molecule has 1 aliphatic carbocycles. The van der Waals surface area contributed by atoms with Crippen LogP contribution in [0.25, 0.3) is 0 Å². The normalized spacial score (nSPS) is 28.6. The minimum absolute atomic E-state index is 0.0129. The van der Waals surface area contributed by atoms with Crippen molar-refractivity contribution >= 4 is 5.91 Å². The van der Waals surface area contributed by atoms with Gasteiger partial charge in [0.25, 0.3) is 0 Å². The van der Waals surface area contributed by atoms with Gasteiger partial charge in [0.1, 0.15) is 0 Å². The van der Waals surface area contributed by atoms with Crippen molar-refractivity contribution in [1.82, 2.24) is 10.2 Å². The molecule has 2 rings (SSSR count). The molecule has 116 valence electrons. The van der Waals surface area contributed by atoms with Crippen LogP contribution in [-0.2, 0) is 4.79 Å². The van der Waals surface area contributed by atoms with E-state index >= 15 is 0 Å². The quantitative estimate of drug-likeness (QED) is 0.867. The number of alkyl halides is 3. The summed E-state index contributed by atoms with van der Waals surface area (Å²) in [5.41, 5.74) is -2.21. The van der Waals surface area contributed by atoms with Crippen LogP contribution in [0.5, 0.6) is 0 Å². The topological polar surface area (TPSA) is 32.3 Å². The lowest BCUT2D eigenvalue weighted by molar-refractivity contribution is -0.223. The van der Waals surface area contributed by atoms with Crippen molar-refractivity contribution in [3.63, 3.8) is 0 Å². The van der Waals surface area contributed by atoms with Gasteiger partial charge in [0.2, 0.25) is 5.91 Å². The fourth-order valence-corrected chi connectivity index (χ4v) is 3.47. The van der Waals surface area contributed by atoms with Crippen LogP contribution in [0.2, 0.25) is 0 Å². The lowest BCUT2D eigenvalue weighted by Gasteiger charge is -2.40. The first-order chi connectivity index (χ1) is 9.42. The number of nitrogens with zero attached hydrogens (tertiary/aromatic N) is 1. The number of carbonyl (C=O) groups excluding carboxylic acids is 1. The molecule has 0 aromatic heterocycles. The zero-order valence-corrected chi connectivity index (χ0v) is 11.9. The van der Waals surface area contributed by atoms with E-state index in [4.69, 9.17) is 0 Å². The van der Waals surface area contributed by atoms with Gasteiger partial charge in [0.15, 0.2) is 5.41 Å². The van der Waals surface area contributed by atoms with E-state index in [1.165, 1.54) is 4.90 Å². The Balaban J connectivity index is 2.21. The van der Waals surface area contributed by atoms with Crippen molar-refractivity contribution in [2.75, 3.05) is 19.6 Å². The first kappa shape index (κ1) is 15.6. The number of amides is 1. The Morgan fingerprint density at radius 3 is 2.40 bits per heavy atom. The maximum atomic E-state index is 13.4. The van der Waals surface area contributed by atoms with Crippen LogP contribution in [0, 0.1) is 5.41 Å². The molecule has 3 nitrogen and oxygen atoms in total. The summed E-state index contributed by atoms with van der Waals surface area (Å²) < 4.78 is 40.3. The van der Waals surface area contributed by atoms with Crippen LogP contribution >= 0.6 is 0 Å². The van der Waals surface area contributed by atoms with Crippen molar-refractivity contribution in [2.24, 2.45) is 5.41 Å². The Morgan fingerprint density at radius 2 is 1.95 bits per heavy atom. The molecule has 0 aromatic carbocycles. The number of halogens is 3. The highest BCUT2D eigenvalue weighted by atomic mass is 19.4. The van der Waals surface area contributed by atoms with E-state index in [-0.39, 0.29) is 25.6 Å². The summed E-state index contributed by atoms with van der Waals surface area (Å²) in [5, 5.41) is 2.72. The second-order valence-corrected chi connectivity index (χ2v) is 5.89. The van der Waals surface area contributed by atoms with Crippen molar-refractivity contribution in [1.29, 1.82) is 0 Å². The molecule has 0 bridgehead atoms. The van der Waals surface area contributed by atoms with E-state index in [0.29, 0.717) is 6.54 Å². The largest absolute Gasteiger partial charge is 0.404 e. The van der Waals surface area contributed by atoms with E-state index in [1.54, 1.807) is 6.92 Å². The number of hydrogen-bond donors (Lipinski definition) is 1. The molecule has 0 spiro atoms. The van der Waals surface area contributed by atoms with Crippen molar-refractivity contribution in [3.05, 3.63) is 0 Å². The van der Waals surface area contributed by atoms with Gasteiger partial charge in [-0.2, -0.15) is 13.2 Å². The molecule has 1 saturated carbocycles. The van der Waals surface area contributed by atoms with E-state index in [9.17, 15) is 18.0 Å². The monoisotopic (exact) mass is 292 g/mol. The van der Waals surface area contributed by atoms with Crippen molar-refractivity contribution < 1.29 is 18.0 Å². The van der Waals surface area contributed by atoms with Crippen molar-refractivity contribution in [3.8, 4) is 0 Å². The lowest BCUT2D eigenvalue weighted by atomic mass is 9.83. The second kappa shape index (κ2) is 5.92. The summed E-state index contributed by atoms with van der Waals surface area (Å²) >= 11 is 0. The predicted molar refractivity (Wildman–Crippen MR) is 70.2 cm³/mol. The molecule has 0 aromatic rings. The highest BCUT2D eigenvalue weighted by Crippen LogP contribution is 2.45. The Kier molecular flexibility index (Phi) is 4.62. The minimum atomic E-state index is -4.48. The SMILES string of the molecule is CCN(C(=O)C1(C(F)(F)F)CCNC1)C1CCCCC1. The maximum absolute atomic E-state index is 13.4. The van der Waals surface area contributed by atoms with Gasteiger partial charge >= 0.3 is 6.18 Å². The molecule has 1 amide bonds. The molecule has 1 atom stereocenters. The van der Waals surface area contributed by atoms with E-state index in [0.717, 1.165) is 32.1 Å². The summed E-state index contributed by atoms with van der Waals surface area (Å²) in [5.74, 6) is -0.718. The fraction of sp³-hybridized carbons (Fsp3) is 0.929. The van der Waals surface area contributed by atoms with Crippen LogP contribution in [0.4, 0.5) is 13.2 Å². The van der Waals surface area contributed by atoms with Gasteiger partial charge in [-0.3, -0.25) is 4.79 Å². The van der Waals surface area contributed by atoms with E-state index < -0.39 is 17.5 Å². The third-order valence-corrected chi connectivity index (χ3v) is 4.72. The highest BCUT2D eigenvalue weighted by molar-refractivity contribution is 5.84. The molecule has 6 heteroatoms. The molecule has 1 N–H and O–H groups in total. The number of nitrogens with one attached hydrogen (secondary N) is 1. The van der Waals surface area contributed by atoms with Crippen LogP contribution in [0.3, 0.4) is 0 Å². The van der Waals surface area contributed by atoms with Crippen LogP contribution < -0.4 is 5.32 Å². The molecule has 1 heterocycles. The zero-order chi connectivity index (χ0) is 14.8. The maximum Gasteiger partial charge on any atom is 0.404 e. The first-order valence-corrected chi connectivity index (χ1v) is 7.51. The van der Waals surface area contributed by atoms with Crippen LogP contribution in [0.15, 0.2) is 0 Å². The number of hydrogen-bond acceptors (Lipinski definition) is 2. The Hall–Kier alpha value is -0.780. The fourth-order valence-electron chi connectivity index (χ4n) is 3.47. The Labute approximate surface area is 117 Å².